The molecule has 0 saturated carbocycles. The van der Waals surface area contributed by atoms with Gasteiger partial charge in [-0.25, -0.2) is 0 Å². The first-order valence-corrected chi connectivity index (χ1v) is 39.4. The smallest absolute Gasteiger partial charge is 0.303 e. The van der Waals surface area contributed by atoms with Gasteiger partial charge >= 0.3 is 11.9 Å². The fraction of sp³-hybridized carbons (Fsp3) is 0.574. The zero-order valence-electron chi connectivity index (χ0n) is 53.9. The van der Waals surface area contributed by atoms with E-state index < -0.39 is 144 Å². The summed E-state index contributed by atoms with van der Waals surface area (Å²) < 4.78 is 175. The van der Waals surface area contributed by atoms with Crippen molar-refractivity contribution in [2.75, 3.05) is 48.3 Å². The predicted molar refractivity (Wildman–Crippen MR) is 354 cm³/mol. The maximum Gasteiger partial charge on any atom is 0.303 e. The second-order valence-corrected chi connectivity index (χ2v) is 32.0. The van der Waals surface area contributed by atoms with E-state index in [2.05, 4.69) is 16.0 Å². The van der Waals surface area contributed by atoms with Crippen molar-refractivity contribution in [3.8, 4) is 0 Å². The minimum atomic E-state index is -5.25. The number of carbonyl (C=O) groups excluding carboxylic acids is 5. The van der Waals surface area contributed by atoms with Crippen molar-refractivity contribution in [3.05, 3.63) is 83.6 Å². The van der Waals surface area contributed by atoms with Crippen LogP contribution in [0.5, 0.6) is 0 Å². The second kappa shape index (κ2) is 35.7. The molecule has 5 amide bonds. The number of aliphatic carboxylic acids is 2. The number of amides is 5. The number of anilines is 1. The molecule has 3 heterocycles. The van der Waals surface area contributed by atoms with Crippen LogP contribution in [-0.4, -0.2) is 188 Å². The molecule has 3 aliphatic rings. The fourth-order valence-corrected chi connectivity index (χ4v) is 15.1. The van der Waals surface area contributed by atoms with Gasteiger partial charge in [0, 0.05) is 86.2 Å². The van der Waals surface area contributed by atoms with Crippen LogP contribution in [0.1, 0.15) is 160 Å². The molecule has 5 atom stereocenters. The Hall–Kier alpha value is -7.03. The SMILES string of the molecule is CC12CCCCCC(=O)NCCCCCNC(=O)C(CS(=O)(=O)O)NC(=O)C(CS(=O)(=O)O)NC(=O)C(CS(=O)(=O)O)NC(=O)CCCCCC3(C)C(=[N+](CCCCCC(=O)O)c4ccc(S(=O)(=O)O)cc43)C=CC=CC=C1N(CCCCCC(=O)O)c1ccc(S(=O)(=O)O)cc12. The number of benzene rings is 2. The van der Waals surface area contributed by atoms with E-state index in [1.165, 1.54) is 30.3 Å². The molecule has 2 aromatic carbocycles. The van der Waals surface area contributed by atoms with Crippen molar-refractivity contribution in [1.29, 1.82) is 0 Å². The van der Waals surface area contributed by atoms with Crippen LogP contribution in [-0.2, 0) is 95.0 Å². The highest BCUT2D eigenvalue weighted by atomic mass is 32.2. The molecule has 0 spiro atoms. The zero-order chi connectivity index (χ0) is 72.2. The summed E-state index contributed by atoms with van der Waals surface area (Å²) in [6.45, 7) is 4.51. The first-order chi connectivity index (χ1) is 45.2. The molecule has 2 aromatic rings. The van der Waals surface area contributed by atoms with E-state index in [9.17, 15) is 109 Å². The number of allylic oxidation sites excluding steroid dienone is 6. The Balaban J connectivity index is 1.58. The van der Waals surface area contributed by atoms with Crippen molar-refractivity contribution in [2.24, 2.45) is 0 Å². The molecule has 0 bridgehead atoms. The standard InChI is InChI=1S/C61H87N7O24S5/c1-60-31-15-4-11-23-53(69)62-33-17-8-18-34-63-57(75)46(39-93(78,79)80)65-59(77)48(41-95(84,85)86)66-58(76)47(40-94(81,82)83)64-54(70)24-12-5-16-32-61(2)45-38-43(97(90,91)92)28-30-50(45)68(36-20-7-14-26-56(73)74)52(61)22-10-3-9-21-51(60)67(35-19-6-13-25-55(71)72)49-29-27-42(37-44(49)60)96(87,88)89/h3,9-10,21-22,27-30,37-38,46-48H,4-8,11-20,23-26,31-36,39-41H2,1-2H3,(H11-,62,63,64,65,66,69,70,71,72,73,74,75,76,77,78,79,80,81,82,83,84,85,86,87,88,89,90,91,92)/p+1. The summed E-state index contributed by atoms with van der Waals surface area (Å²) in [6.07, 6.45) is 14.9. The molecule has 0 radical (unpaired) electrons. The topological polar surface area (TPSA) is 498 Å². The molecule has 0 saturated heterocycles. The number of unbranched alkanes of at least 4 members (excludes halogenated alkanes) is 4. The predicted octanol–water partition coefficient (Wildman–Crippen LogP) is 4.04. The van der Waals surface area contributed by atoms with Crippen LogP contribution in [0.25, 0.3) is 0 Å². The Morgan fingerprint density at radius 3 is 1.56 bits per heavy atom. The average Bonchev–Trinajstić information content (AvgIpc) is 1.59. The first-order valence-electron chi connectivity index (χ1n) is 31.7. The number of carboxylic acids is 2. The van der Waals surface area contributed by atoms with Crippen molar-refractivity contribution in [2.45, 2.75) is 187 Å². The summed E-state index contributed by atoms with van der Waals surface area (Å²) in [5.41, 5.74) is 1.65. The molecule has 540 valence electrons. The summed E-state index contributed by atoms with van der Waals surface area (Å²) in [4.78, 5) is 91.3. The molecule has 12 N–H and O–H groups in total. The Morgan fingerprint density at radius 1 is 0.526 bits per heavy atom. The summed E-state index contributed by atoms with van der Waals surface area (Å²) in [5.74, 6) is -12.4. The second-order valence-electron chi connectivity index (χ2n) is 24.7. The lowest BCUT2D eigenvalue weighted by Crippen LogP contribution is -2.60. The largest absolute Gasteiger partial charge is 0.481 e. The van der Waals surface area contributed by atoms with Crippen LogP contribution >= 0.6 is 0 Å². The molecule has 5 rings (SSSR count). The van der Waals surface area contributed by atoms with Gasteiger partial charge in [-0.2, -0.15) is 46.7 Å². The van der Waals surface area contributed by atoms with E-state index in [1.54, 1.807) is 30.4 Å². The number of nitrogens with zero attached hydrogens (tertiary/aromatic N) is 2. The van der Waals surface area contributed by atoms with Crippen LogP contribution in [0.15, 0.2) is 82.3 Å². The van der Waals surface area contributed by atoms with Gasteiger partial charge in [-0.3, -0.25) is 56.3 Å². The molecule has 5 unspecified atom stereocenters. The van der Waals surface area contributed by atoms with Gasteiger partial charge in [-0.1, -0.05) is 50.3 Å². The van der Waals surface area contributed by atoms with Crippen molar-refractivity contribution in [3.63, 3.8) is 0 Å². The van der Waals surface area contributed by atoms with Crippen LogP contribution in [0.4, 0.5) is 11.4 Å². The van der Waals surface area contributed by atoms with E-state index in [0.29, 0.717) is 118 Å². The quantitative estimate of drug-likeness (QED) is 0.0505. The maximum absolute atomic E-state index is 13.7. The van der Waals surface area contributed by atoms with Gasteiger partial charge in [-0.15, -0.1) is 0 Å². The van der Waals surface area contributed by atoms with Gasteiger partial charge in [0.15, 0.2) is 5.71 Å². The maximum atomic E-state index is 13.7. The van der Waals surface area contributed by atoms with E-state index in [1.807, 2.05) is 40.0 Å². The lowest BCUT2D eigenvalue weighted by molar-refractivity contribution is -0.438. The number of hydrogen-bond acceptors (Lipinski definition) is 18. The molecule has 31 nitrogen and oxygen atoms in total. The summed E-state index contributed by atoms with van der Waals surface area (Å²) >= 11 is 0. The Bertz CT molecular complexity index is 3950. The number of rotatable bonds is 20. The van der Waals surface area contributed by atoms with E-state index in [0.717, 1.165) is 5.70 Å². The minimum absolute atomic E-state index is 0.0249. The van der Waals surface area contributed by atoms with Crippen LogP contribution in [0.2, 0.25) is 0 Å². The molecule has 36 heteroatoms. The summed E-state index contributed by atoms with van der Waals surface area (Å²) in [6, 6.07) is 1.57. The first kappa shape index (κ1) is 80.7. The van der Waals surface area contributed by atoms with Crippen molar-refractivity contribution >= 4 is 109 Å². The monoisotopic (exact) mass is 1460 g/mol. The zero-order valence-corrected chi connectivity index (χ0v) is 58.0. The number of carboxylic acid groups (broad SMARTS) is 2. The summed E-state index contributed by atoms with van der Waals surface area (Å²) in [7, 11) is -25.0. The summed E-state index contributed by atoms with van der Waals surface area (Å²) in [5, 5.41) is 29.7. The molecular formula is C61H88N7O24S5+. The van der Waals surface area contributed by atoms with Crippen molar-refractivity contribution < 1.29 is 113 Å². The third kappa shape index (κ3) is 25.7. The number of carbonyl (C=O) groups is 7. The van der Waals surface area contributed by atoms with Gasteiger partial charge in [0.1, 0.15) is 41.9 Å². The van der Waals surface area contributed by atoms with E-state index in [-0.39, 0.29) is 75.3 Å². The van der Waals surface area contributed by atoms with Gasteiger partial charge in [0.25, 0.3) is 50.6 Å². The highest BCUT2D eigenvalue weighted by Crippen LogP contribution is 2.52. The molecular weight excluding hydrogens is 1380 g/mol. The van der Waals surface area contributed by atoms with Gasteiger partial charge in [-0.05, 0) is 126 Å². The van der Waals surface area contributed by atoms with Gasteiger partial charge in [0.05, 0.1) is 15.2 Å². The minimum Gasteiger partial charge on any atom is -0.481 e. The Labute approximate surface area is 565 Å². The Kier molecular flexibility index (Phi) is 29.6. The van der Waals surface area contributed by atoms with Crippen LogP contribution < -0.4 is 31.5 Å². The van der Waals surface area contributed by atoms with Crippen LogP contribution in [0.3, 0.4) is 0 Å². The molecule has 0 aliphatic carbocycles. The lowest BCUT2D eigenvalue weighted by atomic mass is 9.75. The van der Waals surface area contributed by atoms with Crippen molar-refractivity contribution in [1.82, 2.24) is 26.6 Å². The van der Waals surface area contributed by atoms with Gasteiger partial charge in [0.2, 0.25) is 35.2 Å². The van der Waals surface area contributed by atoms with Gasteiger partial charge < -0.3 is 41.7 Å². The number of hydrogen-bond donors (Lipinski definition) is 12. The highest BCUT2D eigenvalue weighted by Gasteiger charge is 2.48. The van der Waals surface area contributed by atoms with E-state index >= 15 is 0 Å². The van der Waals surface area contributed by atoms with E-state index in [4.69, 9.17) is 0 Å². The highest BCUT2D eigenvalue weighted by molar-refractivity contribution is 7.86. The third-order valence-corrected chi connectivity index (χ3v) is 20.9. The lowest BCUT2D eigenvalue weighted by Gasteiger charge is -2.30. The average molecular weight is 1460 g/mol. The number of fused-ring (bicyclic) bond motifs is 6. The fourth-order valence-electron chi connectivity index (χ4n) is 12.1. The normalized spacial score (nSPS) is 22.7. The molecule has 97 heavy (non-hydrogen) atoms. The molecule has 0 aromatic heterocycles. The third-order valence-electron chi connectivity index (χ3n) is 17.0. The number of nitrogens with one attached hydrogen (secondary N) is 5. The van der Waals surface area contributed by atoms with Crippen LogP contribution in [0, 0.1) is 0 Å². The molecule has 3 aliphatic heterocycles. The molecule has 0 fully saturated rings. The Morgan fingerprint density at radius 2 is 1.01 bits per heavy atom.